The summed E-state index contributed by atoms with van der Waals surface area (Å²) >= 11 is 0. The number of ether oxygens (including phenoxy) is 1. The van der Waals surface area contributed by atoms with Crippen LogP contribution in [0.5, 0.6) is 0 Å². The standard InChI is InChI=1S/C14H23N3O3S/c1-11-9-17(5-6-20-11)21(18,19)14-7-13(16(2)10-14)8-15-12-3-4-12/h7,10-12,15H,3-6,8-9H2,1-2H3. The van der Waals surface area contributed by atoms with Crippen molar-refractivity contribution in [2.24, 2.45) is 7.05 Å². The summed E-state index contributed by atoms with van der Waals surface area (Å²) in [6, 6.07) is 2.39. The molecule has 1 unspecified atom stereocenters. The van der Waals surface area contributed by atoms with Crippen molar-refractivity contribution in [3.8, 4) is 0 Å². The van der Waals surface area contributed by atoms with Crippen molar-refractivity contribution in [2.45, 2.75) is 43.4 Å². The number of nitrogens with one attached hydrogen (secondary N) is 1. The number of aryl methyl sites for hydroxylation is 1. The highest BCUT2D eigenvalue weighted by molar-refractivity contribution is 7.89. The van der Waals surface area contributed by atoms with Gasteiger partial charge >= 0.3 is 0 Å². The lowest BCUT2D eigenvalue weighted by molar-refractivity contribution is 0.0102. The Labute approximate surface area is 126 Å². The lowest BCUT2D eigenvalue weighted by Gasteiger charge is -2.29. The van der Waals surface area contributed by atoms with Crippen molar-refractivity contribution in [3.63, 3.8) is 0 Å². The van der Waals surface area contributed by atoms with Gasteiger partial charge in [0, 0.05) is 44.6 Å². The first-order chi connectivity index (χ1) is 9.96. The molecule has 2 heterocycles. The van der Waals surface area contributed by atoms with Crippen molar-refractivity contribution in [3.05, 3.63) is 18.0 Å². The Morgan fingerprint density at radius 2 is 2.19 bits per heavy atom. The Morgan fingerprint density at radius 3 is 2.86 bits per heavy atom. The van der Waals surface area contributed by atoms with Crippen LogP contribution in [-0.2, 0) is 28.4 Å². The number of hydrogen-bond donors (Lipinski definition) is 1. The first-order valence-corrected chi connectivity index (χ1v) is 8.91. The van der Waals surface area contributed by atoms with Gasteiger partial charge in [-0.1, -0.05) is 0 Å². The average Bonchev–Trinajstić information content (AvgIpc) is 3.19. The van der Waals surface area contributed by atoms with Gasteiger partial charge in [0.15, 0.2) is 0 Å². The van der Waals surface area contributed by atoms with Crippen LogP contribution in [0.25, 0.3) is 0 Å². The summed E-state index contributed by atoms with van der Waals surface area (Å²) in [6.45, 7) is 3.93. The monoisotopic (exact) mass is 313 g/mol. The Hall–Kier alpha value is -0.890. The normalized spacial score (nSPS) is 24.4. The van der Waals surface area contributed by atoms with Crippen molar-refractivity contribution in [1.82, 2.24) is 14.2 Å². The molecule has 0 radical (unpaired) electrons. The molecular weight excluding hydrogens is 290 g/mol. The number of rotatable bonds is 5. The number of aromatic nitrogens is 1. The fourth-order valence-corrected chi connectivity index (χ4v) is 4.18. The summed E-state index contributed by atoms with van der Waals surface area (Å²) in [6.07, 6.45) is 4.11. The fraction of sp³-hybridized carbons (Fsp3) is 0.714. The summed E-state index contributed by atoms with van der Waals surface area (Å²) in [5.74, 6) is 0. The highest BCUT2D eigenvalue weighted by Gasteiger charge is 2.30. The predicted octanol–water partition coefficient (Wildman–Crippen LogP) is 0.687. The van der Waals surface area contributed by atoms with Gasteiger partial charge in [-0.15, -0.1) is 0 Å². The Balaban J connectivity index is 1.76. The van der Waals surface area contributed by atoms with E-state index >= 15 is 0 Å². The summed E-state index contributed by atoms with van der Waals surface area (Å²) in [7, 11) is -1.52. The molecule has 2 fully saturated rings. The molecule has 1 atom stereocenters. The summed E-state index contributed by atoms with van der Waals surface area (Å²) in [5, 5.41) is 3.42. The van der Waals surface area contributed by atoms with Gasteiger partial charge in [-0.25, -0.2) is 8.42 Å². The molecule has 2 aliphatic rings. The molecule has 0 bridgehead atoms. The van der Waals surface area contributed by atoms with Crippen LogP contribution in [0.2, 0.25) is 0 Å². The minimum Gasteiger partial charge on any atom is -0.376 e. The molecule has 1 saturated heterocycles. The SMILES string of the molecule is CC1CN(S(=O)(=O)c2cc(CNC3CC3)n(C)c2)CCO1. The number of hydrogen-bond acceptors (Lipinski definition) is 4. The average molecular weight is 313 g/mol. The van der Waals surface area contributed by atoms with Crippen LogP contribution < -0.4 is 5.32 Å². The van der Waals surface area contributed by atoms with Crippen molar-refractivity contribution < 1.29 is 13.2 Å². The summed E-state index contributed by atoms with van der Waals surface area (Å²) in [4.78, 5) is 0.381. The minimum absolute atomic E-state index is 0.0479. The zero-order chi connectivity index (χ0) is 15.0. The maximum Gasteiger partial charge on any atom is 0.244 e. The fourth-order valence-electron chi connectivity index (χ4n) is 2.58. The van der Waals surface area contributed by atoms with Gasteiger partial charge in [0.25, 0.3) is 0 Å². The second-order valence-corrected chi connectivity index (χ2v) is 7.92. The van der Waals surface area contributed by atoms with Gasteiger partial charge < -0.3 is 14.6 Å². The van der Waals surface area contributed by atoms with Crippen LogP contribution in [0.3, 0.4) is 0 Å². The second kappa shape index (κ2) is 5.72. The van der Waals surface area contributed by atoms with Crippen LogP contribution in [0.15, 0.2) is 17.2 Å². The quantitative estimate of drug-likeness (QED) is 0.868. The molecule has 1 aromatic rings. The van der Waals surface area contributed by atoms with Gasteiger partial charge in [0.2, 0.25) is 10.0 Å². The van der Waals surface area contributed by atoms with E-state index in [1.807, 2.05) is 18.5 Å². The van der Waals surface area contributed by atoms with E-state index in [0.717, 1.165) is 12.2 Å². The lowest BCUT2D eigenvalue weighted by Crippen LogP contribution is -2.44. The Morgan fingerprint density at radius 1 is 1.43 bits per heavy atom. The van der Waals surface area contributed by atoms with Crippen LogP contribution in [0.1, 0.15) is 25.5 Å². The minimum atomic E-state index is -3.41. The summed E-state index contributed by atoms with van der Waals surface area (Å²) < 4.78 is 34.2. The van der Waals surface area contributed by atoms with Crippen molar-refractivity contribution in [2.75, 3.05) is 19.7 Å². The molecule has 1 aliphatic carbocycles. The van der Waals surface area contributed by atoms with E-state index in [1.165, 1.54) is 17.1 Å². The van der Waals surface area contributed by atoms with Gasteiger partial charge in [-0.2, -0.15) is 4.31 Å². The maximum atomic E-state index is 12.7. The van der Waals surface area contributed by atoms with Gasteiger partial charge in [-0.05, 0) is 25.8 Å². The van der Waals surface area contributed by atoms with E-state index < -0.39 is 10.0 Å². The molecule has 3 rings (SSSR count). The lowest BCUT2D eigenvalue weighted by atomic mass is 10.3. The first kappa shape index (κ1) is 15.0. The number of sulfonamides is 1. The molecule has 21 heavy (non-hydrogen) atoms. The smallest absolute Gasteiger partial charge is 0.244 e. The topological polar surface area (TPSA) is 63.6 Å². The summed E-state index contributed by atoms with van der Waals surface area (Å²) in [5.41, 5.74) is 1.00. The van der Waals surface area contributed by atoms with Gasteiger partial charge in [0.1, 0.15) is 4.90 Å². The van der Waals surface area contributed by atoms with Crippen LogP contribution in [0, 0.1) is 0 Å². The molecule has 1 aromatic heterocycles. The highest BCUT2D eigenvalue weighted by Crippen LogP contribution is 2.22. The molecular formula is C14H23N3O3S. The number of nitrogens with zero attached hydrogens (tertiary/aromatic N) is 2. The largest absolute Gasteiger partial charge is 0.376 e. The van der Waals surface area contributed by atoms with Crippen molar-refractivity contribution >= 4 is 10.0 Å². The molecule has 0 amide bonds. The van der Waals surface area contributed by atoms with Crippen LogP contribution in [0.4, 0.5) is 0 Å². The van der Waals surface area contributed by atoms with Crippen molar-refractivity contribution in [1.29, 1.82) is 0 Å². The number of morpholine rings is 1. The zero-order valence-corrected chi connectivity index (χ0v) is 13.4. The van der Waals surface area contributed by atoms with E-state index in [1.54, 1.807) is 12.3 Å². The molecule has 1 N–H and O–H groups in total. The molecule has 118 valence electrons. The third-order valence-corrected chi connectivity index (χ3v) is 5.90. The van der Waals surface area contributed by atoms with E-state index in [0.29, 0.717) is 30.6 Å². The predicted molar refractivity (Wildman–Crippen MR) is 79.4 cm³/mol. The third-order valence-electron chi connectivity index (χ3n) is 4.07. The molecule has 1 aliphatic heterocycles. The van der Waals surface area contributed by atoms with E-state index in [4.69, 9.17) is 4.74 Å². The maximum absolute atomic E-state index is 12.7. The first-order valence-electron chi connectivity index (χ1n) is 7.47. The zero-order valence-electron chi connectivity index (χ0n) is 12.6. The molecule has 1 saturated carbocycles. The van der Waals surface area contributed by atoms with Crippen LogP contribution in [-0.4, -0.2) is 49.1 Å². The van der Waals surface area contributed by atoms with E-state index in [9.17, 15) is 8.42 Å². The highest BCUT2D eigenvalue weighted by atomic mass is 32.2. The molecule has 6 nitrogen and oxygen atoms in total. The Kier molecular flexibility index (Phi) is 4.09. The van der Waals surface area contributed by atoms with E-state index in [2.05, 4.69) is 5.32 Å². The molecule has 0 spiro atoms. The van der Waals surface area contributed by atoms with Gasteiger partial charge in [-0.3, -0.25) is 0 Å². The van der Waals surface area contributed by atoms with Gasteiger partial charge in [0.05, 0.1) is 12.7 Å². The molecule has 7 heteroatoms. The third kappa shape index (κ3) is 3.31. The van der Waals surface area contributed by atoms with Crippen LogP contribution >= 0.6 is 0 Å². The molecule has 0 aromatic carbocycles. The van der Waals surface area contributed by atoms with E-state index in [-0.39, 0.29) is 6.10 Å². The Bertz CT molecular complexity index is 607. The second-order valence-electron chi connectivity index (χ2n) is 5.98.